The third-order valence-electron chi connectivity index (χ3n) is 9.75. The van der Waals surface area contributed by atoms with E-state index < -0.39 is 55.4 Å². The molecule has 10 heteroatoms. The van der Waals surface area contributed by atoms with Crippen LogP contribution < -0.4 is 0 Å². The lowest BCUT2D eigenvalue weighted by Gasteiger charge is -2.39. The summed E-state index contributed by atoms with van der Waals surface area (Å²) < 4.78 is 22.0. The molecule has 10 nitrogen and oxygen atoms in total. The second-order valence-corrected chi connectivity index (χ2v) is 15.1. The summed E-state index contributed by atoms with van der Waals surface area (Å²) in [5.74, 6) is -0.942. The number of ether oxygens (including phenoxy) is 4. The summed E-state index contributed by atoms with van der Waals surface area (Å²) in [6.45, 7) is 3.26. The van der Waals surface area contributed by atoms with Crippen molar-refractivity contribution >= 4 is 11.9 Å². The van der Waals surface area contributed by atoms with Crippen molar-refractivity contribution in [2.75, 3.05) is 19.8 Å². The Morgan fingerprint density at radius 3 is 1.46 bits per heavy atom. The molecule has 0 bridgehead atoms. The van der Waals surface area contributed by atoms with Crippen LogP contribution in [0.15, 0.2) is 85.1 Å². The number of carbonyl (C=O) groups excluding carboxylic acids is 2. The van der Waals surface area contributed by atoms with Gasteiger partial charge in [0.1, 0.15) is 31.0 Å². The maximum absolute atomic E-state index is 12.7. The van der Waals surface area contributed by atoms with Crippen LogP contribution in [0.3, 0.4) is 0 Å². The number of hydrogen-bond acceptors (Lipinski definition) is 10. The Morgan fingerprint density at radius 1 is 0.525 bits per heavy atom. The van der Waals surface area contributed by atoms with Gasteiger partial charge >= 0.3 is 11.9 Å². The Morgan fingerprint density at radius 2 is 0.949 bits per heavy atom. The monoisotopic (exact) mass is 829 g/mol. The standard InChI is InChI=1S/C49H80O10/c1-3-5-7-9-11-13-15-17-19-21-23-25-27-29-31-33-35-37-44(51)56-40-42(41-57-49-48(55)47(54)46(53)43(39-50)59-49)58-45(52)38-36-34-32-30-28-26-24-22-20-18-16-14-12-10-8-6-4-2/h12,14,17-20,23-26,29-32,42-43,46-50,53-55H,3-11,13,15-16,21-22,27-28,33-41H2,1-2H3/b14-12+,19-17+,20-18+,25-23+,26-24+,31-29+,32-30+/t42-,43-,46+,47?,48?,49-/m0/s1. The maximum Gasteiger partial charge on any atom is 0.306 e. The summed E-state index contributed by atoms with van der Waals surface area (Å²) in [6.07, 6.45) is 43.1. The normalized spacial score (nSPS) is 20.8. The fraction of sp³-hybridized carbons (Fsp3) is 0.673. The predicted octanol–water partition coefficient (Wildman–Crippen LogP) is 9.77. The highest BCUT2D eigenvalue weighted by atomic mass is 16.7. The summed E-state index contributed by atoms with van der Waals surface area (Å²) in [5, 5.41) is 40.1. The van der Waals surface area contributed by atoms with Crippen LogP contribution >= 0.6 is 0 Å². The minimum atomic E-state index is -1.62. The van der Waals surface area contributed by atoms with Crippen molar-refractivity contribution in [1.82, 2.24) is 0 Å². The highest BCUT2D eigenvalue weighted by Gasteiger charge is 2.44. The van der Waals surface area contributed by atoms with Crippen LogP contribution in [0.5, 0.6) is 0 Å². The van der Waals surface area contributed by atoms with Crippen LogP contribution in [0, 0.1) is 0 Å². The second kappa shape index (κ2) is 39.0. The average molecular weight is 829 g/mol. The van der Waals surface area contributed by atoms with E-state index >= 15 is 0 Å². The number of unbranched alkanes of at least 4 members (excludes halogenated alkanes) is 11. The zero-order chi connectivity index (χ0) is 43.0. The molecule has 0 aromatic heterocycles. The van der Waals surface area contributed by atoms with Crippen molar-refractivity contribution in [2.24, 2.45) is 0 Å². The highest BCUT2D eigenvalue weighted by molar-refractivity contribution is 5.70. The van der Waals surface area contributed by atoms with Crippen LogP contribution in [-0.2, 0) is 28.5 Å². The molecule has 0 saturated carbocycles. The van der Waals surface area contributed by atoms with E-state index in [1.807, 2.05) is 12.2 Å². The molecule has 6 atom stereocenters. The topological polar surface area (TPSA) is 152 Å². The van der Waals surface area contributed by atoms with Crippen LogP contribution in [0.25, 0.3) is 0 Å². The molecule has 1 aliphatic rings. The van der Waals surface area contributed by atoms with E-state index in [-0.39, 0.29) is 26.1 Å². The first-order chi connectivity index (χ1) is 28.8. The number of aliphatic hydroxyl groups is 4. The largest absolute Gasteiger partial charge is 0.462 e. The third kappa shape index (κ3) is 30.5. The SMILES string of the molecule is CCCCC/C=C/C/C=C/C/C=C/C/C=C/CCCC(=O)O[C@@H](COC(=O)CCC/C=C/C/C=C/C/C=C/CCCCCCCC)CO[C@H]1O[C@@H](CO)[C@@H](O)C(O)C1O. The number of allylic oxidation sites excluding steroid dienone is 14. The van der Waals surface area contributed by atoms with Gasteiger partial charge in [0, 0.05) is 12.8 Å². The number of carbonyl (C=O) groups is 2. The van der Waals surface area contributed by atoms with E-state index in [0.717, 1.165) is 51.4 Å². The van der Waals surface area contributed by atoms with E-state index in [9.17, 15) is 30.0 Å². The first-order valence-electron chi connectivity index (χ1n) is 22.7. The minimum absolute atomic E-state index is 0.139. The predicted molar refractivity (Wildman–Crippen MR) is 237 cm³/mol. The smallest absolute Gasteiger partial charge is 0.306 e. The first kappa shape index (κ1) is 53.9. The van der Waals surface area contributed by atoms with Gasteiger partial charge in [0.2, 0.25) is 0 Å². The summed E-state index contributed by atoms with van der Waals surface area (Å²) in [6, 6.07) is 0. The first-order valence-corrected chi connectivity index (χ1v) is 22.7. The van der Waals surface area contributed by atoms with Crippen molar-refractivity contribution in [1.29, 1.82) is 0 Å². The lowest BCUT2D eigenvalue weighted by Crippen LogP contribution is -2.59. The molecular formula is C49H80O10. The van der Waals surface area contributed by atoms with Crippen molar-refractivity contribution in [3.05, 3.63) is 85.1 Å². The lowest BCUT2D eigenvalue weighted by molar-refractivity contribution is -0.305. The quantitative estimate of drug-likeness (QED) is 0.0273. The summed E-state index contributed by atoms with van der Waals surface area (Å²) in [4.78, 5) is 25.3. The number of rotatable bonds is 36. The zero-order valence-corrected chi connectivity index (χ0v) is 36.5. The van der Waals surface area contributed by atoms with Gasteiger partial charge in [-0.05, 0) is 83.5 Å². The molecule has 0 radical (unpaired) electrons. The number of hydrogen-bond donors (Lipinski definition) is 4. The molecule has 0 spiro atoms. The van der Waals surface area contributed by atoms with E-state index in [1.165, 1.54) is 57.8 Å². The lowest BCUT2D eigenvalue weighted by atomic mass is 9.99. The average Bonchev–Trinajstić information content (AvgIpc) is 3.23. The van der Waals surface area contributed by atoms with Gasteiger partial charge in [0.15, 0.2) is 12.4 Å². The van der Waals surface area contributed by atoms with Gasteiger partial charge in [0.25, 0.3) is 0 Å². The summed E-state index contributed by atoms with van der Waals surface area (Å²) >= 11 is 0. The molecule has 0 aromatic rings. The van der Waals surface area contributed by atoms with Crippen LogP contribution in [0.2, 0.25) is 0 Å². The van der Waals surface area contributed by atoms with Crippen LogP contribution in [-0.4, -0.2) is 89.0 Å². The molecule has 1 heterocycles. The Hall–Kier alpha value is -3.12. The van der Waals surface area contributed by atoms with E-state index in [1.54, 1.807) is 0 Å². The van der Waals surface area contributed by atoms with Crippen molar-refractivity contribution in [2.45, 2.75) is 192 Å². The minimum Gasteiger partial charge on any atom is -0.462 e. The van der Waals surface area contributed by atoms with Crippen LogP contribution in [0.4, 0.5) is 0 Å². The van der Waals surface area contributed by atoms with Crippen LogP contribution in [0.1, 0.15) is 155 Å². The molecule has 1 rings (SSSR count). The van der Waals surface area contributed by atoms with Gasteiger partial charge in [-0.3, -0.25) is 9.59 Å². The van der Waals surface area contributed by atoms with Crippen molar-refractivity contribution < 1.29 is 49.0 Å². The van der Waals surface area contributed by atoms with Gasteiger partial charge in [-0.2, -0.15) is 0 Å². The number of aliphatic hydroxyl groups excluding tert-OH is 4. The van der Waals surface area contributed by atoms with Gasteiger partial charge in [-0.25, -0.2) is 0 Å². The molecule has 1 saturated heterocycles. The van der Waals surface area contributed by atoms with Crippen molar-refractivity contribution in [3.63, 3.8) is 0 Å². The fourth-order valence-corrected chi connectivity index (χ4v) is 6.14. The molecule has 336 valence electrons. The summed E-state index contributed by atoms with van der Waals surface area (Å²) in [5.41, 5.74) is 0. The summed E-state index contributed by atoms with van der Waals surface area (Å²) in [7, 11) is 0. The third-order valence-corrected chi connectivity index (χ3v) is 9.75. The second-order valence-electron chi connectivity index (χ2n) is 15.1. The van der Waals surface area contributed by atoms with Gasteiger partial charge in [0.05, 0.1) is 13.2 Å². The van der Waals surface area contributed by atoms with Gasteiger partial charge < -0.3 is 39.4 Å². The zero-order valence-electron chi connectivity index (χ0n) is 36.5. The van der Waals surface area contributed by atoms with Gasteiger partial charge in [-0.15, -0.1) is 0 Å². The molecule has 1 aliphatic heterocycles. The molecular weight excluding hydrogens is 749 g/mol. The maximum atomic E-state index is 12.7. The Bertz CT molecular complexity index is 1230. The van der Waals surface area contributed by atoms with E-state index in [0.29, 0.717) is 19.3 Å². The fourth-order valence-electron chi connectivity index (χ4n) is 6.14. The molecule has 0 aromatic carbocycles. The molecule has 1 fully saturated rings. The molecule has 4 N–H and O–H groups in total. The van der Waals surface area contributed by atoms with Gasteiger partial charge in [-0.1, -0.05) is 144 Å². The highest BCUT2D eigenvalue weighted by Crippen LogP contribution is 2.22. The molecule has 59 heavy (non-hydrogen) atoms. The Balaban J connectivity index is 2.43. The molecule has 0 amide bonds. The van der Waals surface area contributed by atoms with Crippen molar-refractivity contribution in [3.8, 4) is 0 Å². The number of esters is 2. The molecule has 2 unspecified atom stereocenters. The van der Waals surface area contributed by atoms with E-state index in [4.69, 9.17) is 18.9 Å². The van der Waals surface area contributed by atoms with E-state index in [2.05, 4.69) is 86.8 Å². The Labute approximate surface area is 356 Å². The molecule has 0 aliphatic carbocycles. The Kier molecular flexibility index (Phi) is 35.7.